The molecule has 1 rings (SSSR count). The van der Waals surface area contributed by atoms with Crippen molar-refractivity contribution in [1.29, 1.82) is 0 Å². The number of carbonyl (C=O) groups excluding carboxylic acids is 1. The van der Waals surface area contributed by atoms with Crippen molar-refractivity contribution in [2.75, 3.05) is 13.7 Å². The van der Waals surface area contributed by atoms with Crippen LogP contribution in [-0.2, 0) is 15.9 Å². The number of ether oxygens (including phenoxy) is 2. The summed E-state index contributed by atoms with van der Waals surface area (Å²) < 4.78 is 10.9. The van der Waals surface area contributed by atoms with Crippen molar-refractivity contribution >= 4 is 5.97 Å². The van der Waals surface area contributed by atoms with Gasteiger partial charge in [-0.3, -0.25) is 0 Å². The first-order chi connectivity index (χ1) is 11.7. The Morgan fingerprint density at radius 1 is 1.00 bits per heavy atom. The zero-order chi connectivity index (χ0) is 17.6. The number of carbonyl (C=O) groups is 1. The van der Waals surface area contributed by atoms with Gasteiger partial charge in [-0.25, -0.2) is 4.79 Å². The molecule has 1 aromatic rings. The number of benzene rings is 1. The molecule has 3 nitrogen and oxygen atoms in total. The topological polar surface area (TPSA) is 35.5 Å². The van der Waals surface area contributed by atoms with Crippen molar-refractivity contribution in [2.24, 2.45) is 0 Å². The molecule has 136 valence electrons. The van der Waals surface area contributed by atoms with Gasteiger partial charge < -0.3 is 9.47 Å². The lowest BCUT2D eigenvalue weighted by Crippen LogP contribution is -2.23. The van der Waals surface area contributed by atoms with Crippen LogP contribution in [-0.4, -0.2) is 25.8 Å². The van der Waals surface area contributed by atoms with Crippen LogP contribution < -0.4 is 0 Å². The molecular formula is C21H34O3. The molecule has 0 aromatic heterocycles. The Bertz CT molecular complexity index is 456. The highest BCUT2D eigenvalue weighted by Gasteiger charge is 2.17. The molecule has 0 saturated carbocycles. The first-order valence-electron chi connectivity index (χ1n) is 9.50. The number of hydrogen-bond donors (Lipinski definition) is 0. The maximum absolute atomic E-state index is 12.4. The standard InChI is InChI=1S/C21H34O3/c1-4-6-7-8-9-10-11-15-19(17-23-3)24-21(22)20-16-13-12-14-18(20)5-2/h12-14,16,19H,4-11,15,17H2,1-3H3. The van der Waals surface area contributed by atoms with E-state index < -0.39 is 0 Å². The fourth-order valence-electron chi connectivity index (χ4n) is 2.93. The van der Waals surface area contributed by atoms with Gasteiger partial charge in [-0.1, -0.05) is 70.6 Å². The van der Waals surface area contributed by atoms with Crippen LogP contribution in [0.1, 0.15) is 81.1 Å². The Labute approximate surface area is 147 Å². The zero-order valence-electron chi connectivity index (χ0n) is 15.7. The molecular weight excluding hydrogens is 300 g/mol. The van der Waals surface area contributed by atoms with Crippen molar-refractivity contribution in [3.05, 3.63) is 35.4 Å². The smallest absolute Gasteiger partial charge is 0.338 e. The number of esters is 1. The third kappa shape index (κ3) is 7.96. The second kappa shape index (κ2) is 13.0. The number of rotatable bonds is 13. The molecule has 0 fully saturated rings. The van der Waals surface area contributed by atoms with Crippen LogP contribution in [0.15, 0.2) is 24.3 Å². The lowest BCUT2D eigenvalue weighted by Gasteiger charge is -2.18. The molecule has 24 heavy (non-hydrogen) atoms. The van der Waals surface area contributed by atoms with Gasteiger partial charge in [0.05, 0.1) is 12.2 Å². The summed E-state index contributed by atoms with van der Waals surface area (Å²) >= 11 is 0. The second-order valence-corrected chi connectivity index (χ2v) is 6.40. The van der Waals surface area contributed by atoms with Gasteiger partial charge in [0.25, 0.3) is 0 Å². The van der Waals surface area contributed by atoms with Gasteiger partial charge in [-0.15, -0.1) is 0 Å². The fourth-order valence-corrected chi connectivity index (χ4v) is 2.93. The van der Waals surface area contributed by atoms with E-state index in [-0.39, 0.29) is 12.1 Å². The molecule has 0 amide bonds. The van der Waals surface area contributed by atoms with E-state index in [0.717, 1.165) is 24.8 Å². The Hall–Kier alpha value is -1.35. The van der Waals surface area contributed by atoms with Crippen LogP contribution in [0.5, 0.6) is 0 Å². The van der Waals surface area contributed by atoms with Crippen molar-refractivity contribution in [1.82, 2.24) is 0 Å². The third-order valence-electron chi connectivity index (χ3n) is 4.37. The minimum absolute atomic E-state index is 0.150. The average Bonchev–Trinajstić information content (AvgIpc) is 2.60. The minimum Gasteiger partial charge on any atom is -0.456 e. The molecule has 0 bridgehead atoms. The monoisotopic (exact) mass is 334 g/mol. The van der Waals surface area contributed by atoms with Crippen molar-refractivity contribution in [2.45, 2.75) is 77.7 Å². The van der Waals surface area contributed by atoms with E-state index >= 15 is 0 Å². The van der Waals surface area contributed by atoms with Crippen LogP contribution in [0.4, 0.5) is 0 Å². The number of hydrogen-bond acceptors (Lipinski definition) is 3. The summed E-state index contributed by atoms with van der Waals surface area (Å²) in [6.07, 6.45) is 10.4. The van der Waals surface area contributed by atoms with E-state index in [4.69, 9.17) is 9.47 Å². The number of methoxy groups -OCH3 is 1. The summed E-state index contributed by atoms with van der Waals surface area (Å²) in [5.74, 6) is -0.225. The highest BCUT2D eigenvalue weighted by Crippen LogP contribution is 2.16. The molecule has 3 heteroatoms. The van der Waals surface area contributed by atoms with E-state index in [2.05, 4.69) is 13.8 Å². The lowest BCUT2D eigenvalue weighted by molar-refractivity contribution is 0.00228. The predicted molar refractivity (Wildman–Crippen MR) is 99.5 cm³/mol. The van der Waals surface area contributed by atoms with E-state index in [1.54, 1.807) is 7.11 Å². The zero-order valence-corrected chi connectivity index (χ0v) is 15.7. The van der Waals surface area contributed by atoms with Crippen LogP contribution in [0, 0.1) is 0 Å². The Balaban J connectivity index is 2.40. The van der Waals surface area contributed by atoms with Crippen LogP contribution >= 0.6 is 0 Å². The molecule has 0 N–H and O–H groups in total. The quantitative estimate of drug-likeness (QED) is 0.350. The molecule has 0 aliphatic rings. The van der Waals surface area contributed by atoms with Gasteiger partial charge in [-0.05, 0) is 30.9 Å². The van der Waals surface area contributed by atoms with Crippen LogP contribution in [0.2, 0.25) is 0 Å². The van der Waals surface area contributed by atoms with Crippen molar-refractivity contribution in [3.8, 4) is 0 Å². The summed E-state index contributed by atoms with van der Waals surface area (Å²) in [5, 5.41) is 0. The largest absolute Gasteiger partial charge is 0.456 e. The van der Waals surface area contributed by atoms with E-state index in [1.807, 2.05) is 24.3 Å². The molecule has 0 saturated heterocycles. The molecule has 0 spiro atoms. The Morgan fingerprint density at radius 2 is 1.67 bits per heavy atom. The van der Waals surface area contributed by atoms with Crippen molar-refractivity contribution in [3.63, 3.8) is 0 Å². The molecule has 0 radical (unpaired) electrons. The average molecular weight is 335 g/mol. The normalized spacial score (nSPS) is 12.1. The van der Waals surface area contributed by atoms with E-state index in [0.29, 0.717) is 12.2 Å². The Kier molecular flexibility index (Phi) is 11.2. The fraction of sp³-hybridized carbons (Fsp3) is 0.667. The number of aryl methyl sites for hydroxylation is 1. The summed E-state index contributed by atoms with van der Waals surface area (Å²) in [5.41, 5.74) is 1.72. The van der Waals surface area contributed by atoms with E-state index in [1.165, 1.54) is 38.5 Å². The summed E-state index contributed by atoms with van der Waals surface area (Å²) in [6, 6.07) is 7.68. The molecule has 0 aliphatic heterocycles. The summed E-state index contributed by atoms with van der Waals surface area (Å²) in [7, 11) is 1.66. The summed E-state index contributed by atoms with van der Waals surface area (Å²) in [4.78, 5) is 12.4. The highest BCUT2D eigenvalue weighted by atomic mass is 16.6. The first kappa shape index (κ1) is 20.7. The molecule has 1 atom stereocenters. The van der Waals surface area contributed by atoms with Gasteiger partial charge >= 0.3 is 5.97 Å². The van der Waals surface area contributed by atoms with Gasteiger partial charge in [-0.2, -0.15) is 0 Å². The SMILES string of the molecule is CCCCCCCCCC(COC)OC(=O)c1ccccc1CC. The molecule has 1 aromatic carbocycles. The van der Waals surface area contributed by atoms with Crippen LogP contribution in [0.25, 0.3) is 0 Å². The maximum Gasteiger partial charge on any atom is 0.338 e. The van der Waals surface area contributed by atoms with Crippen LogP contribution in [0.3, 0.4) is 0 Å². The third-order valence-corrected chi connectivity index (χ3v) is 4.37. The summed E-state index contributed by atoms with van der Waals surface area (Å²) in [6.45, 7) is 4.76. The molecule has 0 heterocycles. The van der Waals surface area contributed by atoms with Crippen molar-refractivity contribution < 1.29 is 14.3 Å². The van der Waals surface area contributed by atoms with Gasteiger partial charge in [0.2, 0.25) is 0 Å². The number of unbranched alkanes of at least 4 members (excludes halogenated alkanes) is 6. The lowest BCUT2D eigenvalue weighted by atomic mass is 10.0. The minimum atomic E-state index is -0.225. The van der Waals surface area contributed by atoms with Gasteiger partial charge in [0.15, 0.2) is 0 Å². The maximum atomic E-state index is 12.4. The molecule has 1 unspecified atom stereocenters. The Morgan fingerprint density at radius 3 is 2.33 bits per heavy atom. The van der Waals surface area contributed by atoms with Gasteiger partial charge in [0, 0.05) is 7.11 Å². The predicted octanol–water partition coefficient (Wildman–Crippen LogP) is 5.56. The van der Waals surface area contributed by atoms with Gasteiger partial charge in [0.1, 0.15) is 6.10 Å². The highest BCUT2D eigenvalue weighted by molar-refractivity contribution is 5.91. The van der Waals surface area contributed by atoms with E-state index in [9.17, 15) is 4.79 Å². The second-order valence-electron chi connectivity index (χ2n) is 6.40. The first-order valence-corrected chi connectivity index (χ1v) is 9.50. The molecule has 0 aliphatic carbocycles.